The molecule has 0 aliphatic carbocycles. The number of carbonyl (C=O) groups is 1. The molecule has 0 spiro atoms. The fraction of sp³-hybridized carbons (Fsp3) is 0.278. The summed E-state index contributed by atoms with van der Waals surface area (Å²) in [7, 11) is 0. The van der Waals surface area contributed by atoms with E-state index in [1.165, 1.54) is 12.1 Å². The summed E-state index contributed by atoms with van der Waals surface area (Å²) in [6.07, 6.45) is -0.390. The van der Waals surface area contributed by atoms with Gasteiger partial charge in [-0.25, -0.2) is 9.18 Å². The maximum atomic E-state index is 13.1. The Morgan fingerprint density at radius 2 is 2.00 bits per heavy atom. The minimum atomic E-state index is -0.293. The highest BCUT2D eigenvalue weighted by atomic mass is 35.5. The fourth-order valence-corrected chi connectivity index (χ4v) is 2.94. The highest BCUT2D eigenvalue weighted by Gasteiger charge is 2.29. The van der Waals surface area contributed by atoms with E-state index < -0.39 is 0 Å². The number of nitrogens with zero attached hydrogens (tertiary/aromatic N) is 1. The summed E-state index contributed by atoms with van der Waals surface area (Å²) in [4.78, 5) is 14.2. The molecular weight excluding hydrogens is 331 g/mol. The quantitative estimate of drug-likeness (QED) is 0.869. The van der Waals surface area contributed by atoms with E-state index in [4.69, 9.17) is 16.3 Å². The standard InChI is InChI=1S/C18H18ClFN2O2/c1-12-10-22(18(23)21-16-4-2-3-14(19)9-16)11-17(24-12)13-5-7-15(20)8-6-13/h2-9,12,17H,10-11H2,1H3,(H,21,23). The zero-order valence-electron chi connectivity index (χ0n) is 13.2. The van der Waals surface area contributed by atoms with Gasteiger partial charge in [-0.15, -0.1) is 0 Å². The largest absolute Gasteiger partial charge is 0.367 e. The van der Waals surface area contributed by atoms with Crippen LogP contribution >= 0.6 is 11.6 Å². The molecule has 4 nitrogen and oxygen atoms in total. The molecule has 2 aromatic carbocycles. The Morgan fingerprint density at radius 3 is 2.71 bits per heavy atom. The molecule has 24 heavy (non-hydrogen) atoms. The minimum absolute atomic E-state index is 0.112. The van der Waals surface area contributed by atoms with E-state index in [0.29, 0.717) is 23.8 Å². The number of amides is 2. The Morgan fingerprint density at radius 1 is 1.25 bits per heavy atom. The van der Waals surface area contributed by atoms with Gasteiger partial charge in [-0.05, 0) is 42.8 Å². The summed E-state index contributed by atoms with van der Waals surface area (Å²) >= 11 is 5.94. The summed E-state index contributed by atoms with van der Waals surface area (Å²) < 4.78 is 19.0. The molecule has 2 aromatic rings. The van der Waals surface area contributed by atoms with E-state index >= 15 is 0 Å². The van der Waals surface area contributed by atoms with Crippen molar-refractivity contribution < 1.29 is 13.9 Å². The predicted molar refractivity (Wildman–Crippen MR) is 91.7 cm³/mol. The van der Waals surface area contributed by atoms with E-state index in [-0.39, 0.29) is 24.1 Å². The number of hydrogen-bond donors (Lipinski definition) is 1. The normalized spacial score (nSPS) is 20.7. The molecule has 6 heteroatoms. The number of carbonyl (C=O) groups excluding carboxylic acids is 1. The number of ether oxygens (including phenoxy) is 1. The molecule has 1 saturated heterocycles. The monoisotopic (exact) mass is 348 g/mol. The molecule has 1 aliphatic heterocycles. The van der Waals surface area contributed by atoms with Gasteiger partial charge < -0.3 is 15.0 Å². The van der Waals surface area contributed by atoms with Crippen molar-refractivity contribution in [2.75, 3.05) is 18.4 Å². The van der Waals surface area contributed by atoms with Crippen LogP contribution in [0.3, 0.4) is 0 Å². The molecule has 1 fully saturated rings. The average Bonchev–Trinajstić information content (AvgIpc) is 2.55. The van der Waals surface area contributed by atoms with Crippen LogP contribution in [0.4, 0.5) is 14.9 Å². The van der Waals surface area contributed by atoms with Crippen LogP contribution < -0.4 is 5.32 Å². The molecule has 2 unspecified atom stereocenters. The van der Waals surface area contributed by atoms with Gasteiger partial charge in [0.25, 0.3) is 0 Å². The second kappa shape index (κ2) is 7.20. The van der Waals surface area contributed by atoms with Crippen molar-refractivity contribution >= 4 is 23.3 Å². The Balaban J connectivity index is 1.70. The summed E-state index contributed by atoms with van der Waals surface area (Å²) in [5.41, 5.74) is 1.49. The van der Waals surface area contributed by atoms with Gasteiger partial charge in [-0.1, -0.05) is 29.8 Å². The van der Waals surface area contributed by atoms with Gasteiger partial charge in [0.2, 0.25) is 0 Å². The predicted octanol–water partition coefficient (Wildman–Crippen LogP) is 4.47. The number of urea groups is 1. The van der Waals surface area contributed by atoms with Crippen LogP contribution in [0.2, 0.25) is 5.02 Å². The van der Waals surface area contributed by atoms with Crippen molar-refractivity contribution in [3.8, 4) is 0 Å². The zero-order chi connectivity index (χ0) is 17.1. The molecular formula is C18H18ClFN2O2. The van der Waals surface area contributed by atoms with E-state index in [9.17, 15) is 9.18 Å². The third-order valence-electron chi connectivity index (χ3n) is 3.87. The van der Waals surface area contributed by atoms with Crippen molar-refractivity contribution in [2.45, 2.75) is 19.1 Å². The lowest BCUT2D eigenvalue weighted by atomic mass is 10.1. The SMILES string of the molecule is CC1CN(C(=O)Nc2cccc(Cl)c2)CC(c2ccc(F)cc2)O1. The number of benzene rings is 2. The first-order valence-corrected chi connectivity index (χ1v) is 8.11. The topological polar surface area (TPSA) is 41.6 Å². The van der Waals surface area contributed by atoms with Crippen LogP contribution in [0.5, 0.6) is 0 Å². The second-order valence-electron chi connectivity index (χ2n) is 5.83. The number of rotatable bonds is 2. The number of hydrogen-bond acceptors (Lipinski definition) is 2. The number of anilines is 1. The molecule has 1 N–H and O–H groups in total. The van der Waals surface area contributed by atoms with Gasteiger partial charge in [-0.3, -0.25) is 0 Å². The number of halogens is 2. The van der Waals surface area contributed by atoms with Gasteiger partial charge in [0.15, 0.2) is 0 Å². The maximum absolute atomic E-state index is 13.1. The molecule has 126 valence electrons. The summed E-state index contributed by atoms with van der Waals surface area (Å²) in [5, 5.41) is 3.40. The average molecular weight is 349 g/mol. The van der Waals surface area contributed by atoms with E-state index in [0.717, 1.165) is 5.56 Å². The van der Waals surface area contributed by atoms with Crippen LogP contribution in [0, 0.1) is 5.82 Å². The van der Waals surface area contributed by atoms with Crippen molar-refractivity contribution in [2.24, 2.45) is 0 Å². The molecule has 0 aromatic heterocycles. The van der Waals surface area contributed by atoms with Crippen molar-refractivity contribution in [1.82, 2.24) is 4.90 Å². The third kappa shape index (κ3) is 4.04. The summed E-state index contributed by atoms with van der Waals surface area (Å²) in [6.45, 7) is 2.81. The van der Waals surface area contributed by atoms with Gasteiger partial charge >= 0.3 is 6.03 Å². The molecule has 0 bridgehead atoms. The molecule has 0 radical (unpaired) electrons. The third-order valence-corrected chi connectivity index (χ3v) is 4.10. The first-order chi connectivity index (χ1) is 11.5. The molecule has 0 saturated carbocycles. The van der Waals surface area contributed by atoms with Crippen molar-refractivity contribution in [3.05, 3.63) is 64.9 Å². The van der Waals surface area contributed by atoms with Crippen molar-refractivity contribution in [1.29, 1.82) is 0 Å². The molecule has 1 heterocycles. The Bertz CT molecular complexity index is 723. The Hall–Kier alpha value is -2.11. The maximum Gasteiger partial charge on any atom is 0.322 e. The van der Waals surface area contributed by atoms with E-state index in [2.05, 4.69) is 5.32 Å². The number of morpholine rings is 1. The molecule has 3 rings (SSSR count). The highest BCUT2D eigenvalue weighted by molar-refractivity contribution is 6.30. The Kier molecular flexibility index (Phi) is 5.02. The van der Waals surface area contributed by atoms with Gasteiger partial charge in [0.1, 0.15) is 11.9 Å². The Labute approximate surface area is 145 Å². The van der Waals surface area contributed by atoms with Crippen LogP contribution in [0.1, 0.15) is 18.6 Å². The summed E-state index contributed by atoms with van der Waals surface area (Å²) in [5.74, 6) is -0.293. The molecule has 1 aliphatic rings. The fourth-order valence-electron chi connectivity index (χ4n) is 2.75. The first-order valence-electron chi connectivity index (χ1n) is 7.73. The molecule has 2 atom stereocenters. The zero-order valence-corrected chi connectivity index (χ0v) is 14.0. The van der Waals surface area contributed by atoms with Gasteiger partial charge in [0, 0.05) is 17.3 Å². The van der Waals surface area contributed by atoms with Crippen LogP contribution in [0.15, 0.2) is 48.5 Å². The van der Waals surface area contributed by atoms with Crippen LogP contribution in [-0.2, 0) is 4.74 Å². The van der Waals surface area contributed by atoms with Crippen LogP contribution in [0.25, 0.3) is 0 Å². The van der Waals surface area contributed by atoms with Gasteiger partial charge in [0.05, 0.1) is 12.6 Å². The minimum Gasteiger partial charge on any atom is -0.367 e. The van der Waals surface area contributed by atoms with Crippen LogP contribution in [-0.4, -0.2) is 30.1 Å². The van der Waals surface area contributed by atoms with Crippen molar-refractivity contribution in [3.63, 3.8) is 0 Å². The van der Waals surface area contributed by atoms with Gasteiger partial charge in [-0.2, -0.15) is 0 Å². The second-order valence-corrected chi connectivity index (χ2v) is 6.27. The lowest BCUT2D eigenvalue weighted by Gasteiger charge is -2.37. The lowest BCUT2D eigenvalue weighted by molar-refractivity contribution is -0.0642. The van der Waals surface area contributed by atoms with E-state index in [1.54, 1.807) is 41.3 Å². The highest BCUT2D eigenvalue weighted by Crippen LogP contribution is 2.26. The lowest BCUT2D eigenvalue weighted by Crippen LogP contribution is -2.47. The molecule has 2 amide bonds. The smallest absolute Gasteiger partial charge is 0.322 e. The van der Waals surface area contributed by atoms with E-state index in [1.807, 2.05) is 6.92 Å². The number of nitrogens with one attached hydrogen (secondary N) is 1. The first kappa shape index (κ1) is 16.7. The summed E-state index contributed by atoms with van der Waals surface area (Å²) in [6, 6.07) is 13.0.